The first-order valence-corrected chi connectivity index (χ1v) is 6.95. The van der Waals surface area contributed by atoms with Gasteiger partial charge in [-0.1, -0.05) is 6.92 Å². The van der Waals surface area contributed by atoms with Crippen LogP contribution in [-0.4, -0.2) is 36.0 Å². The van der Waals surface area contributed by atoms with Crippen molar-refractivity contribution in [3.8, 4) is 0 Å². The standard InChI is InChI=1S/C10H19N3O3S/c1-5-9(6-14)12-17(15,16)10-7(2)11-13(4)8(10)3/h9,12,14H,5-6H2,1-4H3. The van der Waals surface area contributed by atoms with Crippen LogP contribution in [0.4, 0.5) is 0 Å². The normalized spacial score (nSPS) is 13.9. The predicted molar refractivity (Wildman–Crippen MR) is 64.2 cm³/mol. The molecule has 0 spiro atoms. The number of nitrogens with one attached hydrogen (secondary N) is 1. The minimum absolute atomic E-state index is 0.201. The van der Waals surface area contributed by atoms with Crippen molar-refractivity contribution in [3.05, 3.63) is 11.4 Å². The lowest BCUT2D eigenvalue weighted by Gasteiger charge is -2.14. The Balaban J connectivity index is 3.13. The van der Waals surface area contributed by atoms with Crippen LogP contribution in [-0.2, 0) is 17.1 Å². The summed E-state index contributed by atoms with van der Waals surface area (Å²) >= 11 is 0. The van der Waals surface area contributed by atoms with Crippen molar-refractivity contribution >= 4 is 10.0 Å². The first-order valence-electron chi connectivity index (χ1n) is 5.46. The first kappa shape index (κ1) is 14.1. The molecule has 1 heterocycles. The molecule has 0 saturated heterocycles. The fraction of sp³-hybridized carbons (Fsp3) is 0.700. The highest BCUT2D eigenvalue weighted by Crippen LogP contribution is 2.18. The van der Waals surface area contributed by atoms with E-state index in [1.54, 1.807) is 20.9 Å². The highest BCUT2D eigenvalue weighted by atomic mass is 32.2. The number of aryl methyl sites for hydroxylation is 2. The number of aliphatic hydroxyl groups is 1. The molecule has 1 rings (SSSR count). The van der Waals surface area contributed by atoms with Gasteiger partial charge in [-0.2, -0.15) is 5.10 Å². The third kappa shape index (κ3) is 2.85. The molecule has 0 aromatic carbocycles. The van der Waals surface area contributed by atoms with Crippen molar-refractivity contribution in [3.63, 3.8) is 0 Å². The summed E-state index contributed by atoms with van der Waals surface area (Å²) in [6, 6.07) is -0.459. The van der Waals surface area contributed by atoms with Gasteiger partial charge in [-0.25, -0.2) is 13.1 Å². The highest BCUT2D eigenvalue weighted by Gasteiger charge is 2.25. The van der Waals surface area contributed by atoms with Crippen molar-refractivity contribution in [2.45, 2.75) is 38.1 Å². The van der Waals surface area contributed by atoms with Gasteiger partial charge in [0.15, 0.2) is 0 Å². The lowest BCUT2D eigenvalue weighted by molar-refractivity contribution is 0.254. The van der Waals surface area contributed by atoms with Gasteiger partial charge in [0.05, 0.1) is 18.0 Å². The van der Waals surface area contributed by atoms with E-state index in [0.29, 0.717) is 17.8 Å². The Morgan fingerprint density at radius 1 is 1.47 bits per heavy atom. The summed E-state index contributed by atoms with van der Waals surface area (Å²) in [5, 5.41) is 13.1. The molecule has 17 heavy (non-hydrogen) atoms. The van der Waals surface area contributed by atoms with Gasteiger partial charge in [-0.15, -0.1) is 0 Å². The van der Waals surface area contributed by atoms with Crippen LogP contribution in [0.1, 0.15) is 24.7 Å². The monoisotopic (exact) mass is 261 g/mol. The Kier molecular flexibility index (Phi) is 4.29. The third-order valence-corrected chi connectivity index (χ3v) is 4.52. The summed E-state index contributed by atoms with van der Waals surface area (Å²) in [7, 11) is -1.92. The van der Waals surface area contributed by atoms with Crippen molar-refractivity contribution in [2.75, 3.05) is 6.61 Å². The van der Waals surface area contributed by atoms with Gasteiger partial charge in [0.2, 0.25) is 10.0 Å². The Morgan fingerprint density at radius 3 is 2.41 bits per heavy atom. The van der Waals surface area contributed by atoms with Gasteiger partial charge in [-0.05, 0) is 20.3 Å². The van der Waals surface area contributed by atoms with E-state index >= 15 is 0 Å². The third-order valence-electron chi connectivity index (χ3n) is 2.75. The number of hydrogen-bond acceptors (Lipinski definition) is 4. The summed E-state index contributed by atoms with van der Waals surface area (Å²) in [5.41, 5.74) is 1.05. The zero-order valence-electron chi connectivity index (χ0n) is 10.6. The average Bonchev–Trinajstić information content (AvgIpc) is 2.50. The van der Waals surface area contributed by atoms with E-state index in [1.165, 1.54) is 4.68 Å². The summed E-state index contributed by atoms with van der Waals surface area (Å²) < 4.78 is 28.3. The van der Waals surface area contributed by atoms with Crippen molar-refractivity contribution in [1.29, 1.82) is 0 Å². The van der Waals surface area contributed by atoms with Crippen LogP contribution in [0.3, 0.4) is 0 Å². The summed E-state index contributed by atoms with van der Waals surface area (Å²) in [6.07, 6.45) is 0.536. The zero-order valence-corrected chi connectivity index (χ0v) is 11.4. The van der Waals surface area contributed by atoms with Gasteiger partial charge < -0.3 is 5.11 Å². The molecular weight excluding hydrogens is 242 g/mol. The second-order valence-electron chi connectivity index (χ2n) is 4.03. The van der Waals surface area contributed by atoms with Crippen LogP contribution in [0.2, 0.25) is 0 Å². The molecule has 1 aromatic rings. The number of aliphatic hydroxyl groups excluding tert-OH is 1. The SMILES string of the molecule is CCC(CO)NS(=O)(=O)c1c(C)nn(C)c1C. The van der Waals surface area contributed by atoms with Crippen LogP contribution in [0.15, 0.2) is 4.90 Å². The quantitative estimate of drug-likeness (QED) is 0.786. The number of aromatic nitrogens is 2. The van der Waals surface area contributed by atoms with Crippen molar-refractivity contribution in [2.24, 2.45) is 7.05 Å². The van der Waals surface area contributed by atoms with Crippen LogP contribution in [0.25, 0.3) is 0 Å². The van der Waals surface area contributed by atoms with E-state index in [2.05, 4.69) is 9.82 Å². The van der Waals surface area contributed by atoms with E-state index < -0.39 is 16.1 Å². The fourth-order valence-electron chi connectivity index (χ4n) is 1.67. The molecule has 0 aliphatic carbocycles. The van der Waals surface area contributed by atoms with Crippen LogP contribution >= 0.6 is 0 Å². The highest BCUT2D eigenvalue weighted by molar-refractivity contribution is 7.89. The summed E-state index contributed by atoms with van der Waals surface area (Å²) in [4.78, 5) is 0.201. The summed E-state index contributed by atoms with van der Waals surface area (Å²) in [5.74, 6) is 0. The molecule has 0 fully saturated rings. The number of hydrogen-bond donors (Lipinski definition) is 2. The first-order chi connectivity index (χ1) is 7.83. The molecule has 98 valence electrons. The molecule has 0 radical (unpaired) electrons. The lowest BCUT2D eigenvalue weighted by atomic mass is 10.3. The topological polar surface area (TPSA) is 84.2 Å². The maximum absolute atomic E-state index is 12.1. The van der Waals surface area contributed by atoms with Gasteiger partial charge >= 0.3 is 0 Å². The molecule has 1 unspecified atom stereocenters. The van der Waals surface area contributed by atoms with E-state index in [9.17, 15) is 8.42 Å². The Labute approximate surface area is 102 Å². The molecule has 2 N–H and O–H groups in total. The number of nitrogens with zero attached hydrogens (tertiary/aromatic N) is 2. The Morgan fingerprint density at radius 2 is 2.06 bits per heavy atom. The molecular formula is C10H19N3O3S. The van der Waals surface area contributed by atoms with Gasteiger partial charge in [0.25, 0.3) is 0 Å². The largest absolute Gasteiger partial charge is 0.395 e. The second kappa shape index (κ2) is 5.16. The van der Waals surface area contributed by atoms with Crippen molar-refractivity contribution < 1.29 is 13.5 Å². The molecule has 6 nitrogen and oxygen atoms in total. The smallest absolute Gasteiger partial charge is 0.244 e. The minimum atomic E-state index is -3.62. The predicted octanol–water partition coefficient (Wildman–Crippen LogP) is 0.0861. The second-order valence-corrected chi connectivity index (χ2v) is 5.68. The fourth-order valence-corrected chi connectivity index (χ4v) is 3.42. The van der Waals surface area contributed by atoms with Crippen LogP contribution in [0.5, 0.6) is 0 Å². The molecule has 1 atom stereocenters. The zero-order chi connectivity index (χ0) is 13.2. The maximum atomic E-state index is 12.1. The number of rotatable bonds is 5. The Hall–Kier alpha value is -0.920. The van der Waals surface area contributed by atoms with Crippen LogP contribution < -0.4 is 4.72 Å². The molecule has 0 aliphatic rings. The Bertz CT molecular complexity index is 489. The molecule has 1 aromatic heterocycles. The van der Waals surface area contributed by atoms with E-state index in [0.717, 1.165) is 0 Å². The minimum Gasteiger partial charge on any atom is -0.395 e. The molecule has 7 heteroatoms. The molecule has 0 bridgehead atoms. The molecule has 0 amide bonds. The average molecular weight is 261 g/mol. The van der Waals surface area contributed by atoms with E-state index in [-0.39, 0.29) is 11.5 Å². The van der Waals surface area contributed by atoms with Gasteiger partial charge in [0, 0.05) is 13.1 Å². The van der Waals surface area contributed by atoms with Gasteiger partial charge in [-0.3, -0.25) is 4.68 Å². The van der Waals surface area contributed by atoms with E-state index in [1.807, 2.05) is 6.92 Å². The molecule has 0 aliphatic heterocycles. The maximum Gasteiger partial charge on any atom is 0.244 e. The van der Waals surface area contributed by atoms with Gasteiger partial charge in [0.1, 0.15) is 4.90 Å². The van der Waals surface area contributed by atoms with Crippen molar-refractivity contribution in [1.82, 2.24) is 14.5 Å². The summed E-state index contributed by atoms with van der Waals surface area (Å²) in [6.45, 7) is 4.95. The van der Waals surface area contributed by atoms with Crippen LogP contribution in [0, 0.1) is 13.8 Å². The lowest BCUT2D eigenvalue weighted by Crippen LogP contribution is -2.37. The van der Waals surface area contributed by atoms with E-state index in [4.69, 9.17) is 5.11 Å². The molecule has 0 saturated carbocycles. The number of sulfonamides is 1.